The Labute approximate surface area is 248 Å². The molecule has 0 saturated heterocycles. The van der Waals surface area contributed by atoms with E-state index in [9.17, 15) is 28.8 Å². The fourth-order valence-corrected chi connectivity index (χ4v) is 5.37. The van der Waals surface area contributed by atoms with Crippen LogP contribution in [0.2, 0.25) is 5.02 Å². The first-order valence-corrected chi connectivity index (χ1v) is 13.7. The highest BCUT2D eigenvalue weighted by Crippen LogP contribution is 2.38. The van der Waals surface area contributed by atoms with Gasteiger partial charge in [0.05, 0.1) is 52.9 Å². The number of amides is 1. The standard InChI is InChI=1S/C31H25ClF3N3O5/c1-43-29(40)13-17-6-8-20-25(12-17)36-28(39)5-3-2-4-19(21-14-27(20)38(42)16-24(21)34)26-11-7-18(15-37(26)41)30-23(33)10-9-22(32)31(30)35/h6-12,14-16,19,42H,2-5,13H2,1H3. The van der Waals surface area contributed by atoms with E-state index in [1.807, 2.05) is 0 Å². The Morgan fingerprint density at radius 1 is 1.19 bits per heavy atom. The molecular formula is C31H25ClF3N3O5. The van der Waals surface area contributed by atoms with Crippen LogP contribution >= 0.6 is 11.6 Å². The molecule has 8 nitrogen and oxygen atoms in total. The maximum absolute atomic E-state index is 15.5. The summed E-state index contributed by atoms with van der Waals surface area (Å²) in [5.74, 6) is -4.52. The van der Waals surface area contributed by atoms with E-state index in [2.05, 4.69) is 4.99 Å². The molecule has 2 aliphatic rings. The van der Waals surface area contributed by atoms with Gasteiger partial charge in [0, 0.05) is 23.3 Å². The van der Waals surface area contributed by atoms with Crippen LogP contribution in [0.5, 0.6) is 0 Å². The van der Waals surface area contributed by atoms with E-state index < -0.39 is 40.8 Å². The molecule has 0 aliphatic carbocycles. The fourth-order valence-electron chi connectivity index (χ4n) is 5.22. The zero-order valence-corrected chi connectivity index (χ0v) is 23.6. The van der Waals surface area contributed by atoms with Crippen LogP contribution in [0.4, 0.5) is 13.2 Å². The summed E-state index contributed by atoms with van der Waals surface area (Å²) in [7, 11) is 1.25. The Balaban J connectivity index is 1.67. The molecule has 3 heterocycles. The minimum Gasteiger partial charge on any atom is -0.618 e. The van der Waals surface area contributed by atoms with Gasteiger partial charge in [-0.3, -0.25) is 14.8 Å². The molecule has 1 unspecified atom stereocenters. The second-order valence-corrected chi connectivity index (χ2v) is 10.5. The average Bonchev–Trinajstić information content (AvgIpc) is 2.96. The van der Waals surface area contributed by atoms with Crippen molar-refractivity contribution in [1.29, 1.82) is 0 Å². The molecule has 43 heavy (non-hydrogen) atoms. The van der Waals surface area contributed by atoms with Gasteiger partial charge in [-0.25, -0.2) is 23.2 Å². The first-order chi connectivity index (χ1) is 20.6. The van der Waals surface area contributed by atoms with Gasteiger partial charge in [0.2, 0.25) is 5.91 Å². The van der Waals surface area contributed by atoms with Crippen molar-refractivity contribution in [2.45, 2.75) is 38.0 Å². The van der Waals surface area contributed by atoms with E-state index in [1.54, 1.807) is 12.1 Å². The van der Waals surface area contributed by atoms with Gasteiger partial charge in [-0.2, -0.15) is 4.73 Å². The van der Waals surface area contributed by atoms with Gasteiger partial charge < -0.3 is 9.94 Å². The van der Waals surface area contributed by atoms with Crippen molar-refractivity contribution < 1.29 is 37.4 Å². The number of nitrogens with zero attached hydrogens (tertiary/aromatic N) is 3. The number of pyridine rings is 1. The third-order valence-electron chi connectivity index (χ3n) is 7.35. The smallest absolute Gasteiger partial charge is 0.309 e. The summed E-state index contributed by atoms with van der Waals surface area (Å²) < 4.78 is 49.8. The highest BCUT2D eigenvalue weighted by atomic mass is 35.5. The van der Waals surface area contributed by atoms with Gasteiger partial charge in [-0.05, 0) is 48.7 Å². The van der Waals surface area contributed by atoms with Crippen LogP contribution in [0.25, 0.3) is 16.8 Å². The predicted octanol–water partition coefficient (Wildman–Crippen LogP) is 4.69. The summed E-state index contributed by atoms with van der Waals surface area (Å²) >= 11 is 5.83. The highest BCUT2D eigenvalue weighted by molar-refractivity contribution is 6.31. The van der Waals surface area contributed by atoms with Gasteiger partial charge >= 0.3 is 5.97 Å². The van der Waals surface area contributed by atoms with Crippen molar-refractivity contribution in [3.05, 3.63) is 116 Å². The lowest BCUT2D eigenvalue weighted by Crippen LogP contribution is -2.36. The van der Waals surface area contributed by atoms with Gasteiger partial charge in [0.1, 0.15) is 11.6 Å². The lowest BCUT2D eigenvalue weighted by atomic mass is 9.86. The van der Waals surface area contributed by atoms with Crippen molar-refractivity contribution in [3.8, 4) is 11.1 Å². The number of hydrogen-bond donors (Lipinski definition) is 1. The molecule has 1 N–H and O–H groups in total. The molecule has 2 bridgehead atoms. The molecule has 0 fully saturated rings. The van der Waals surface area contributed by atoms with Crippen LogP contribution in [0.15, 0.2) is 77.3 Å². The molecule has 5 rings (SSSR count). The molecule has 3 aromatic rings. The highest BCUT2D eigenvalue weighted by Gasteiger charge is 2.31. The molecular weight excluding hydrogens is 587 g/mol. The lowest BCUT2D eigenvalue weighted by Gasteiger charge is -2.25. The maximum Gasteiger partial charge on any atom is 0.309 e. The fraction of sp³-hybridized carbons (Fsp3) is 0.226. The lowest BCUT2D eigenvalue weighted by molar-refractivity contribution is -0.614. The molecule has 1 atom stereocenters. The van der Waals surface area contributed by atoms with E-state index in [0.29, 0.717) is 28.2 Å². The number of aromatic nitrogens is 1. The van der Waals surface area contributed by atoms with E-state index in [0.717, 1.165) is 24.5 Å². The SMILES string of the molecule is COC(=O)Cc1ccc2c(c1)=NC(=O)CCCCC(c1ccc(-c3c(F)ccc(Cl)c3F)c[n+]1[O-])C1=CC=2N(O)C=C1F. The molecule has 222 valence electrons. The zero-order valence-electron chi connectivity index (χ0n) is 22.8. The summed E-state index contributed by atoms with van der Waals surface area (Å²) in [6, 6.07) is 9.45. The number of hydroxylamine groups is 2. The van der Waals surface area contributed by atoms with E-state index in [1.165, 1.54) is 31.4 Å². The van der Waals surface area contributed by atoms with Gasteiger partial charge in [0.15, 0.2) is 17.7 Å². The number of hydrogen-bond acceptors (Lipinski definition) is 6. The number of halogens is 4. The molecule has 12 heteroatoms. The number of esters is 1. The van der Waals surface area contributed by atoms with Crippen molar-refractivity contribution >= 4 is 29.2 Å². The second-order valence-electron chi connectivity index (χ2n) is 10.1. The van der Waals surface area contributed by atoms with Crippen molar-refractivity contribution in [1.82, 2.24) is 5.06 Å². The Morgan fingerprint density at radius 3 is 2.72 bits per heavy atom. The summed E-state index contributed by atoms with van der Waals surface area (Å²) in [5.41, 5.74) is 0.232. The minimum absolute atomic E-state index is 0.0595. The Kier molecular flexibility index (Phi) is 8.65. The first-order valence-electron chi connectivity index (χ1n) is 13.3. The summed E-state index contributed by atoms with van der Waals surface area (Å²) in [5, 5.41) is 24.7. The van der Waals surface area contributed by atoms with Crippen LogP contribution in [0.1, 0.15) is 42.9 Å². The van der Waals surface area contributed by atoms with Gasteiger partial charge in [0.25, 0.3) is 0 Å². The number of carbonyl (C=O) groups excluding carboxylic acids is 2. The second kappa shape index (κ2) is 12.4. The minimum atomic E-state index is -1.02. The Morgan fingerprint density at radius 2 is 1.98 bits per heavy atom. The molecule has 2 aromatic carbocycles. The molecule has 0 radical (unpaired) electrons. The number of allylic oxidation sites excluding steroid dienone is 2. The summed E-state index contributed by atoms with van der Waals surface area (Å²) in [4.78, 5) is 28.8. The first kappa shape index (κ1) is 30.0. The molecule has 0 spiro atoms. The van der Waals surface area contributed by atoms with Crippen LogP contribution in [-0.2, 0) is 20.7 Å². The van der Waals surface area contributed by atoms with Crippen LogP contribution in [0.3, 0.4) is 0 Å². The number of methoxy groups -OCH3 is 1. The van der Waals surface area contributed by atoms with Crippen LogP contribution < -0.4 is 15.3 Å². The van der Waals surface area contributed by atoms with Gasteiger partial charge in [-0.15, -0.1) is 0 Å². The normalized spacial score (nSPS) is 17.2. The quantitative estimate of drug-likeness (QED) is 0.199. The Bertz CT molecular complexity index is 1830. The number of ether oxygens (including phenoxy) is 1. The van der Waals surface area contributed by atoms with E-state index in [-0.39, 0.29) is 57.4 Å². The number of carbonyl (C=O) groups is 2. The monoisotopic (exact) mass is 611 g/mol. The summed E-state index contributed by atoms with van der Waals surface area (Å²) in [6.07, 6.45) is 4.22. The number of benzene rings is 2. The summed E-state index contributed by atoms with van der Waals surface area (Å²) in [6.45, 7) is 0. The van der Waals surface area contributed by atoms with E-state index in [4.69, 9.17) is 16.3 Å². The zero-order chi connectivity index (χ0) is 30.8. The number of rotatable bonds is 4. The average molecular weight is 612 g/mol. The molecule has 2 aliphatic heterocycles. The molecule has 1 aromatic heterocycles. The number of fused-ring (bicyclic) bond motifs is 2. The van der Waals surface area contributed by atoms with Crippen molar-refractivity contribution in [3.63, 3.8) is 0 Å². The maximum atomic E-state index is 15.5. The van der Waals surface area contributed by atoms with Crippen LogP contribution in [0, 0.1) is 16.8 Å². The van der Waals surface area contributed by atoms with Crippen molar-refractivity contribution in [2.75, 3.05) is 7.11 Å². The third-order valence-corrected chi connectivity index (χ3v) is 7.64. The largest absolute Gasteiger partial charge is 0.618 e. The molecule has 0 saturated carbocycles. The third kappa shape index (κ3) is 6.18. The van der Waals surface area contributed by atoms with Crippen LogP contribution in [-0.4, -0.2) is 29.3 Å². The van der Waals surface area contributed by atoms with Crippen molar-refractivity contribution in [2.24, 2.45) is 4.99 Å². The van der Waals surface area contributed by atoms with E-state index >= 15 is 4.39 Å². The topological polar surface area (TPSA) is 106 Å². The van der Waals surface area contributed by atoms with Gasteiger partial charge in [-0.1, -0.05) is 30.2 Å². The Hall–Kier alpha value is -4.48. The molecule has 1 amide bonds. The predicted molar refractivity (Wildman–Crippen MR) is 149 cm³/mol.